The summed E-state index contributed by atoms with van der Waals surface area (Å²) in [5, 5.41) is 24.6. The Morgan fingerprint density at radius 1 is 1.05 bits per heavy atom. The molecule has 0 bridgehead atoms. The topological polar surface area (TPSA) is 122 Å². The molecule has 41 heavy (non-hydrogen) atoms. The number of hydrogen-bond acceptors (Lipinski definition) is 5. The van der Waals surface area contributed by atoms with Crippen LogP contribution in [0, 0.1) is 23.4 Å². The highest BCUT2D eigenvalue weighted by molar-refractivity contribution is 5.94. The monoisotopic (exact) mass is 583 g/mol. The number of alkyl halides is 3. The molecule has 0 unspecified atom stereocenters. The molecule has 2 heterocycles. The fourth-order valence-corrected chi connectivity index (χ4v) is 4.48. The molecule has 0 atom stereocenters. The lowest BCUT2D eigenvalue weighted by Crippen LogP contribution is -2.32. The van der Waals surface area contributed by atoms with Crippen molar-refractivity contribution >= 4 is 22.8 Å². The Morgan fingerprint density at radius 3 is 2.34 bits per heavy atom. The minimum Gasteiger partial charge on any atom is -0.503 e. The Labute approximate surface area is 228 Å². The van der Waals surface area contributed by atoms with Gasteiger partial charge in [-0.15, -0.1) is 0 Å². The Kier molecular flexibility index (Phi) is 8.54. The van der Waals surface area contributed by atoms with Gasteiger partial charge in [0.2, 0.25) is 5.82 Å². The number of imidazole rings is 1. The molecule has 9 nitrogen and oxygen atoms in total. The number of benzene rings is 2. The second-order valence-corrected chi connectivity index (χ2v) is 9.39. The number of carbonyl (C=O) groups excluding carboxylic acids is 1. The standard InChI is InChI=1S/C24H22F3N5O2.C2HF3O2/c25-19-10-18(21(26)22(27)23(19)33)24(34)29-11-14-1-4-16(5-2-14)32-12-15-3-6-17(9-20(15)30-32)31-8-7-28-13-31;3-2(4,5)1(6)7/h3,6-10,12-14,16,33H,1-2,4-5,11H2,(H,29,34);(H,6,7). The Hall–Kier alpha value is -4.56. The molecule has 3 N–H and O–H groups in total. The van der Waals surface area contributed by atoms with Crippen molar-refractivity contribution in [2.45, 2.75) is 37.9 Å². The summed E-state index contributed by atoms with van der Waals surface area (Å²) in [6.45, 7) is 0.268. The number of amides is 1. The fourth-order valence-electron chi connectivity index (χ4n) is 4.48. The van der Waals surface area contributed by atoms with E-state index in [1.54, 1.807) is 12.5 Å². The van der Waals surface area contributed by atoms with E-state index in [1.165, 1.54) is 0 Å². The lowest BCUT2D eigenvalue weighted by molar-refractivity contribution is -0.192. The first-order valence-corrected chi connectivity index (χ1v) is 12.3. The number of nitrogens with zero attached hydrogens (tertiary/aromatic N) is 4. The number of halogens is 6. The zero-order valence-electron chi connectivity index (χ0n) is 21.1. The minimum absolute atomic E-state index is 0.160. The molecular formula is C26H23F6N5O4. The molecule has 4 aromatic rings. The molecule has 0 spiro atoms. The van der Waals surface area contributed by atoms with Crippen LogP contribution in [0.15, 0.2) is 49.2 Å². The first kappa shape index (κ1) is 29.4. The van der Waals surface area contributed by atoms with Crippen molar-refractivity contribution in [2.24, 2.45) is 5.92 Å². The molecule has 0 saturated heterocycles. The third-order valence-electron chi connectivity index (χ3n) is 6.67. The summed E-state index contributed by atoms with van der Waals surface area (Å²) in [6, 6.07) is 6.80. The molecule has 0 radical (unpaired) electrons. The third kappa shape index (κ3) is 6.78. The van der Waals surface area contributed by atoms with E-state index in [2.05, 4.69) is 10.3 Å². The van der Waals surface area contributed by atoms with Gasteiger partial charge in [-0.05, 0) is 55.9 Å². The molecule has 2 aromatic carbocycles. The van der Waals surface area contributed by atoms with Crippen LogP contribution < -0.4 is 5.32 Å². The number of nitrogens with one attached hydrogen (secondary N) is 1. The quantitative estimate of drug-likeness (QED) is 0.221. The van der Waals surface area contributed by atoms with Crippen molar-refractivity contribution in [2.75, 3.05) is 6.54 Å². The molecule has 218 valence electrons. The highest BCUT2D eigenvalue weighted by Crippen LogP contribution is 2.33. The second-order valence-electron chi connectivity index (χ2n) is 9.39. The highest BCUT2D eigenvalue weighted by Gasteiger charge is 2.38. The minimum atomic E-state index is -5.08. The Morgan fingerprint density at radius 2 is 1.73 bits per heavy atom. The first-order chi connectivity index (χ1) is 19.3. The van der Waals surface area contributed by atoms with Gasteiger partial charge in [-0.1, -0.05) is 0 Å². The van der Waals surface area contributed by atoms with E-state index in [9.17, 15) is 31.1 Å². The van der Waals surface area contributed by atoms with Crippen molar-refractivity contribution in [1.82, 2.24) is 24.6 Å². The number of aromatic nitrogens is 4. The van der Waals surface area contributed by atoms with Gasteiger partial charge in [0.1, 0.15) is 0 Å². The number of carboxylic acids is 1. The van der Waals surface area contributed by atoms with Crippen LogP contribution in [-0.2, 0) is 4.79 Å². The van der Waals surface area contributed by atoms with Gasteiger partial charge in [-0.2, -0.15) is 22.7 Å². The van der Waals surface area contributed by atoms with Crippen molar-refractivity contribution in [3.05, 3.63) is 72.2 Å². The number of aliphatic carboxylic acids is 1. The maximum atomic E-state index is 13.9. The number of fused-ring (bicyclic) bond motifs is 1. The van der Waals surface area contributed by atoms with Gasteiger partial charge in [-0.3, -0.25) is 9.48 Å². The van der Waals surface area contributed by atoms with Crippen LogP contribution in [-0.4, -0.2) is 54.1 Å². The van der Waals surface area contributed by atoms with E-state index < -0.39 is 46.8 Å². The molecule has 15 heteroatoms. The normalized spacial score (nSPS) is 17.1. The largest absolute Gasteiger partial charge is 0.503 e. The number of carbonyl (C=O) groups is 2. The van der Waals surface area contributed by atoms with Crippen LogP contribution in [0.5, 0.6) is 5.75 Å². The van der Waals surface area contributed by atoms with E-state index in [4.69, 9.17) is 20.1 Å². The average Bonchev–Trinajstić information content (AvgIpc) is 3.63. The van der Waals surface area contributed by atoms with Crippen molar-refractivity contribution in [3.63, 3.8) is 0 Å². The number of phenols is 1. The van der Waals surface area contributed by atoms with Crippen LogP contribution in [0.25, 0.3) is 16.6 Å². The van der Waals surface area contributed by atoms with Gasteiger partial charge in [0, 0.05) is 36.2 Å². The SMILES string of the molecule is O=C(NCC1CCC(n2cc3ccc(-n4ccnc4)cc3n2)CC1)c1cc(F)c(O)c(F)c1F.O=C(O)C(F)(F)F. The first-order valence-electron chi connectivity index (χ1n) is 12.3. The Bertz CT molecular complexity index is 1550. The van der Waals surface area contributed by atoms with Gasteiger partial charge < -0.3 is 20.1 Å². The predicted octanol–water partition coefficient (Wildman–Crippen LogP) is 5.14. The van der Waals surface area contributed by atoms with E-state index >= 15 is 0 Å². The molecular weight excluding hydrogens is 560 g/mol. The van der Waals surface area contributed by atoms with Gasteiger partial charge in [-0.25, -0.2) is 18.6 Å². The summed E-state index contributed by atoms with van der Waals surface area (Å²) in [4.78, 5) is 25.2. The summed E-state index contributed by atoms with van der Waals surface area (Å²) >= 11 is 0. The number of phenolic OH excluding ortho intramolecular Hbond substituents is 1. The molecule has 5 rings (SSSR count). The van der Waals surface area contributed by atoms with Gasteiger partial charge in [0.25, 0.3) is 5.91 Å². The number of hydrogen-bond donors (Lipinski definition) is 3. The lowest BCUT2D eigenvalue weighted by Gasteiger charge is -2.28. The van der Waals surface area contributed by atoms with Crippen LogP contribution >= 0.6 is 0 Å². The molecule has 2 aromatic heterocycles. The van der Waals surface area contributed by atoms with Crippen molar-refractivity contribution in [1.29, 1.82) is 0 Å². The highest BCUT2D eigenvalue weighted by atomic mass is 19.4. The summed E-state index contributed by atoms with van der Waals surface area (Å²) in [5.74, 6) is -9.66. The Balaban J connectivity index is 0.000000493. The van der Waals surface area contributed by atoms with E-state index in [1.807, 2.05) is 39.8 Å². The molecule has 1 aliphatic rings. The number of carboxylic acid groups (broad SMARTS) is 1. The molecule has 1 amide bonds. The van der Waals surface area contributed by atoms with Crippen LogP contribution in [0.4, 0.5) is 26.3 Å². The fraction of sp³-hybridized carbons (Fsp3) is 0.308. The third-order valence-corrected chi connectivity index (χ3v) is 6.67. The lowest BCUT2D eigenvalue weighted by atomic mass is 9.86. The summed E-state index contributed by atoms with van der Waals surface area (Å²) in [6.07, 6.45) is 5.66. The molecule has 1 saturated carbocycles. The smallest absolute Gasteiger partial charge is 0.490 e. The van der Waals surface area contributed by atoms with E-state index in [0.29, 0.717) is 6.07 Å². The number of aromatic hydroxyl groups is 1. The zero-order valence-corrected chi connectivity index (χ0v) is 21.1. The predicted molar refractivity (Wildman–Crippen MR) is 132 cm³/mol. The number of rotatable bonds is 5. The maximum absolute atomic E-state index is 13.9. The summed E-state index contributed by atoms with van der Waals surface area (Å²) in [7, 11) is 0. The van der Waals surface area contributed by atoms with Crippen molar-refractivity contribution < 1.29 is 46.1 Å². The van der Waals surface area contributed by atoms with Gasteiger partial charge in [0.15, 0.2) is 17.4 Å². The van der Waals surface area contributed by atoms with Crippen molar-refractivity contribution in [3.8, 4) is 11.4 Å². The zero-order chi connectivity index (χ0) is 29.9. The van der Waals surface area contributed by atoms with Crippen LogP contribution in [0.1, 0.15) is 42.1 Å². The van der Waals surface area contributed by atoms with Gasteiger partial charge in [0.05, 0.1) is 23.4 Å². The van der Waals surface area contributed by atoms with E-state index in [0.717, 1.165) is 42.3 Å². The summed E-state index contributed by atoms with van der Waals surface area (Å²) < 4.78 is 76.6. The van der Waals surface area contributed by atoms with Crippen LogP contribution in [0.3, 0.4) is 0 Å². The molecule has 1 fully saturated rings. The average molecular weight is 583 g/mol. The maximum Gasteiger partial charge on any atom is 0.490 e. The second kappa shape index (κ2) is 11.9. The summed E-state index contributed by atoms with van der Waals surface area (Å²) in [5.41, 5.74) is 1.12. The molecule has 1 aliphatic carbocycles. The van der Waals surface area contributed by atoms with Gasteiger partial charge >= 0.3 is 12.1 Å². The van der Waals surface area contributed by atoms with Crippen LogP contribution in [0.2, 0.25) is 0 Å². The molecule has 0 aliphatic heterocycles. The van der Waals surface area contributed by atoms with E-state index in [-0.39, 0.29) is 18.5 Å².